The number of phenolic OH excluding ortho intramolecular Hbond substituents is 1. The Morgan fingerprint density at radius 3 is 2.62 bits per heavy atom. The first-order valence-electron chi connectivity index (χ1n) is 5.56. The number of hydrogen-bond donors (Lipinski definition) is 2. The largest absolute Gasteiger partial charge is 0.508 e. The predicted octanol–water partition coefficient (Wildman–Crippen LogP) is 1.66. The molecule has 3 nitrogen and oxygen atoms in total. The summed E-state index contributed by atoms with van der Waals surface area (Å²) in [6, 6.07) is 7.05. The molecule has 0 bridgehead atoms. The van der Waals surface area contributed by atoms with Crippen molar-refractivity contribution in [2.75, 3.05) is 24.5 Å². The Labute approximate surface area is 94.7 Å². The SMILES string of the molecule is NCC1(F)CCN(c2cccc(O)c2)CC1. The molecule has 0 aromatic heterocycles. The quantitative estimate of drug-likeness (QED) is 0.803. The minimum absolute atomic E-state index is 0.0981. The van der Waals surface area contributed by atoms with E-state index in [-0.39, 0.29) is 12.3 Å². The lowest BCUT2D eigenvalue weighted by Crippen LogP contribution is -2.45. The van der Waals surface area contributed by atoms with Crippen molar-refractivity contribution in [3.63, 3.8) is 0 Å². The van der Waals surface area contributed by atoms with Crippen molar-refractivity contribution in [3.05, 3.63) is 24.3 Å². The van der Waals surface area contributed by atoms with E-state index in [1.165, 1.54) is 0 Å². The van der Waals surface area contributed by atoms with E-state index in [0.717, 1.165) is 5.69 Å². The van der Waals surface area contributed by atoms with Gasteiger partial charge in [-0.3, -0.25) is 0 Å². The Morgan fingerprint density at radius 1 is 1.38 bits per heavy atom. The van der Waals surface area contributed by atoms with Crippen molar-refractivity contribution in [1.29, 1.82) is 0 Å². The highest BCUT2D eigenvalue weighted by atomic mass is 19.1. The van der Waals surface area contributed by atoms with Crippen LogP contribution in [0.3, 0.4) is 0 Å². The number of alkyl halides is 1. The molecule has 0 aliphatic carbocycles. The van der Waals surface area contributed by atoms with E-state index in [4.69, 9.17) is 5.73 Å². The van der Waals surface area contributed by atoms with Gasteiger partial charge in [0.15, 0.2) is 0 Å². The van der Waals surface area contributed by atoms with Gasteiger partial charge < -0.3 is 15.7 Å². The number of phenols is 1. The third kappa shape index (κ3) is 2.27. The summed E-state index contributed by atoms with van der Waals surface area (Å²) >= 11 is 0. The van der Waals surface area contributed by atoms with Crippen LogP contribution >= 0.6 is 0 Å². The Kier molecular flexibility index (Phi) is 3.01. The second kappa shape index (κ2) is 4.29. The molecule has 0 amide bonds. The Hall–Kier alpha value is -1.29. The molecule has 0 saturated carbocycles. The molecular weight excluding hydrogens is 207 g/mol. The van der Waals surface area contributed by atoms with E-state index in [2.05, 4.69) is 4.90 Å². The van der Waals surface area contributed by atoms with Crippen molar-refractivity contribution in [3.8, 4) is 5.75 Å². The third-order valence-corrected chi connectivity index (χ3v) is 3.22. The molecule has 1 aromatic carbocycles. The van der Waals surface area contributed by atoms with E-state index in [0.29, 0.717) is 25.9 Å². The zero-order chi connectivity index (χ0) is 11.6. The molecule has 1 aromatic rings. The fourth-order valence-electron chi connectivity index (χ4n) is 2.06. The summed E-state index contributed by atoms with van der Waals surface area (Å²) in [5, 5.41) is 9.37. The van der Waals surface area contributed by atoms with Crippen LogP contribution in [0.25, 0.3) is 0 Å². The van der Waals surface area contributed by atoms with Gasteiger partial charge in [-0.25, -0.2) is 4.39 Å². The van der Waals surface area contributed by atoms with Crippen molar-refractivity contribution in [1.82, 2.24) is 0 Å². The van der Waals surface area contributed by atoms with E-state index < -0.39 is 5.67 Å². The highest BCUT2D eigenvalue weighted by Crippen LogP contribution is 2.29. The van der Waals surface area contributed by atoms with E-state index in [1.807, 2.05) is 6.07 Å². The van der Waals surface area contributed by atoms with Crippen LogP contribution in [-0.4, -0.2) is 30.4 Å². The second-order valence-corrected chi connectivity index (χ2v) is 4.36. The number of aromatic hydroxyl groups is 1. The number of benzene rings is 1. The van der Waals surface area contributed by atoms with Crippen molar-refractivity contribution >= 4 is 5.69 Å². The Bertz CT molecular complexity index is 362. The first-order valence-corrected chi connectivity index (χ1v) is 5.56. The molecule has 1 fully saturated rings. The number of nitrogens with two attached hydrogens (primary N) is 1. The number of hydrogen-bond acceptors (Lipinski definition) is 3. The van der Waals surface area contributed by atoms with Gasteiger partial charge in [0.25, 0.3) is 0 Å². The number of rotatable bonds is 2. The number of anilines is 1. The van der Waals surface area contributed by atoms with Crippen LogP contribution in [-0.2, 0) is 0 Å². The standard InChI is InChI=1S/C12H17FN2O/c13-12(9-14)4-6-15(7-5-12)10-2-1-3-11(16)8-10/h1-3,8,16H,4-7,9,14H2. The maximum absolute atomic E-state index is 13.9. The maximum Gasteiger partial charge on any atom is 0.126 e. The van der Waals surface area contributed by atoms with Crippen LogP contribution in [0.4, 0.5) is 10.1 Å². The summed E-state index contributed by atoms with van der Waals surface area (Å²) in [5.41, 5.74) is 5.15. The van der Waals surface area contributed by atoms with Crippen LogP contribution in [0.2, 0.25) is 0 Å². The van der Waals surface area contributed by atoms with Gasteiger partial charge in [0.05, 0.1) is 0 Å². The average Bonchev–Trinajstić information content (AvgIpc) is 2.30. The second-order valence-electron chi connectivity index (χ2n) is 4.36. The first-order chi connectivity index (χ1) is 7.63. The smallest absolute Gasteiger partial charge is 0.126 e. The fourth-order valence-corrected chi connectivity index (χ4v) is 2.06. The molecule has 1 heterocycles. The number of halogens is 1. The summed E-state index contributed by atoms with van der Waals surface area (Å²) in [6.45, 7) is 1.40. The summed E-state index contributed by atoms with van der Waals surface area (Å²) in [6.07, 6.45) is 0.915. The van der Waals surface area contributed by atoms with E-state index in [9.17, 15) is 9.50 Å². The Morgan fingerprint density at radius 2 is 2.06 bits per heavy atom. The summed E-state index contributed by atoms with van der Waals surface area (Å²) < 4.78 is 13.9. The van der Waals surface area contributed by atoms with Gasteiger partial charge in [0.2, 0.25) is 0 Å². The topological polar surface area (TPSA) is 49.5 Å². The molecule has 4 heteroatoms. The monoisotopic (exact) mass is 224 g/mol. The summed E-state index contributed by atoms with van der Waals surface area (Å²) in [7, 11) is 0. The van der Waals surface area contributed by atoms with Crippen molar-refractivity contribution in [2.45, 2.75) is 18.5 Å². The van der Waals surface area contributed by atoms with Crippen LogP contribution < -0.4 is 10.6 Å². The van der Waals surface area contributed by atoms with Crippen LogP contribution in [0, 0.1) is 0 Å². The van der Waals surface area contributed by atoms with E-state index >= 15 is 0 Å². The lowest BCUT2D eigenvalue weighted by Gasteiger charge is -2.37. The summed E-state index contributed by atoms with van der Waals surface area (Å²) in [4.78, 5) is 2.08. The molecule has 88 valence electrons. The zero-order valence-corrected chi connectivity index (χ0v) is 9.19. The maximum atomic E-state index is 13.9. The predicted molar refractivity (Wildman–Crippen MR) is 62.4 cm³/mol. The van der Waals surface area contributed by atoms with Gasteiger partial charge >= 0.3 is 0 Å². The van der Waals surface area contributed by atoms with Gasteiger partial charge in [-0.2, -0.15) is 0 Å². The normalized spacial score (nSPS) is 19.8. The molecule has 0 spiro atoms. The van der Waals surface area contributed by atoms with Crippen LogP contribution in [0.15, 0.2) is 24.3 Å². The van der Waals surface area contributed by atoms with Gasteiger partial charge in [0, 0.05) is 44.2 Å². The van der Waals surface area contributed by atoms with Crippen molar-refractivity contribution in [2.24, 2.45) is 5.73 Å². The first kappa shape index (κ1) is 11.2. The minimum Gasteiger partial charge on any atom is -0.508 e. The lowest BCUT2D eigenvalue weighted by molar-refractivity contribution is 0.135. The Balaban J connectivity index is 2.04. The van der Waals surface area contributed by atoms with Gasteiger partial charge in [0.1, 0.15) is 11.4 Å². The van der Waals surface area contributed by atoms with Crippen LogP contribution in [0.1, 0.15) is 12.8 Å². The highest BCUT2D eigenvalue weighted by molar-refractivity contribution is 5.50. The van der Waals surface area contributed by atoms with Crippen LogP contribution in [0.5, 0.6) is 5.75 Å². The summed E-state index contributed by atoms with van der Waals surface area (Å²) in [5.74, 6) is 0.244. The molecule has 1 aliphatic rings. The molecule has 0 atom stereocenters. The molecule has 16 heavy (non-hydrogen) atoms. The molecule has 0 radical (unpaired) electrons. The average molecular weight is 224 g/mol. The lowest BCUT2D eigenvalue weighted by atomic mass is 9.93. The van der Waals surface area contributed by atoms with Crippen molar-refractivity contribution < 1.29 is 9.50 Å². The number of nitrogens with zero attached hydrogens (tertiary/aromatic N) is 1. The van der Waals surface area contributed by atoms with E-state index in [1.54, 1.807) is 18.2 Å². The molecule has 0 unspecified atom stereocenters. The van der Waals surface area contributed by atoms with Gasteiger partial charge in [-0.1, -0.05) is 6.07 Å². The highest BCUT2D eigenvalue weighted by Gasteiger charge is 2.33. The molecular formula is C12H17FN2O. The minimum atomic E-state index is -1.20. The van der Waals surface area contributed by atoms with Gasteiger partial charge in [-0.05, 0) is 12.1 Å². The fraction of sp³-hybridized carbons (Fsp3) is 0.500. The van der Waals surface area contributed by atoms with Gasteiger partial charge in [-0.15, -0.1) is 0 Å². The molecule has 3 N–H and O–H groups in total. The zero-order valence-electron chi connectivity index (χ0n) is 9.19. The molecule has 1 aliphatic heterocycles. The number of piperidine rings is 1. The molecule has 1 saturated heterocycles. The molecule has 2 rings (SSSR count). The third-order valence-electron chi connectivity index (χ3n) is 3.22.